The molecule has 4 rings (SSSR count). The number of benzene rings is 1. The Balaban J connectivity index is 1.97. The third kappa shape index (κ3) is 2.52. The van der Waals surface area contributed by atoms with Crippen LogP contribution in [0.15, 0.2) is 18.2 Å². The first-order chi connectivity index (χ1) is 11.9. The van der Waals surface area contributed by atoms with Crippen molar-refractivity contribution in [1.82, 2.24) is 9.38 Å². The lowest BCUT2D eigenvalue weighted by Gasteiger charge is -2.19. The van der Waals surface area contributed by atoms with Crippen molar-refractivity contribution < 1.29 is 14.3 Å². The van der Waals surface area contributed by atoms with Gasteiger partial charge >= 0.3 is 0 Å². The molecule has 2 aromatic heterocycles. The first kappa shape index (κ1) is 16.1. The monoisotopic (exact) mass is 356 g/mol. The van der Waals surface area contributed by atoms with Gasteiger partial charge in [-0.1, -0.05) is 20.8 Å². The summed E-state index contributed by atoms with van der Waals surface area (Å²) in [5.41, 5.74) is 3.24. The van der Waals surface area contributed by atoms with Crippen LogP contribution in [0.25, 0.3) is 16.2 Å². The van der Waals surface area contributed by atoms with Gasteiger partial charge in [0.05, 0.1) is 11.4 Å². The van der Waals surface area contributed by atoms with Crippen LogP contribution in [0.2, 0.25) is 0 Å². The Kier molecular flexibility index (Phi) is 3.61. The quantitative estimate of drug-likeness (QED) is 0.644. The Morgan fingerprint density at radius 3 is 2.60 bits per heavy atom. The molecule has 1 aromatic carbocycles. The molecule has 0 amide bonds. The van der Waals surface area contributed by atoms with Crippen LogP contribution in [0.4, 0.5) is 0 Å². The molecule has 0 N–H and O–H groups in total. The molecule has 0 radical (unpaired) electrons. The standard InChI is InChI=1S/C19H20N2O3S/c1-11-16(12-5-6-14-15(9-12)24-8-7-23-14)21-13(10-22)17(19(2,3)4)20-18(21)25-11/h5-6,9-10H,7-8H2,1-4H3. The Morgan fingerprint density at radius 2 is 1.92 bits per heavy atom. The number of fused-ring (bicyclic) bond motifs is 2. The van der Waals surface area contributed by atoms with Crippen LogP contribution in [0.5, 0.6) is 11.5 Å². The van der Waals surface area contributed by atoms with Crippen LogP contribution in [-0.4, -0.2) is 28.9 Å². The van der Waals surface area contributed by atoms with Crippen LogP contribution >= 0.6 is 11.3 Å². The Labute approximate surface area is 150 Å². The maximum Gasteiger partial charge on any atom is 0.195 e. The fourth-order valence-corrected chi connectivity index (χ4v) is 4.22. The zero-order valence-electron chi connectivity index (χ0n) is 14.8. The van der Waals surface area contributed by atoms with E-state index in [0.29, 0.717) is 18.9 Å². The van der Waals surface area contributed by atoms with E-state index in [1.54, 1.807) is 11.3 Å². The van der Waals surface area contributed by atoms with E-state index in [9.17, 15) is 4.79 Å². The van der Waals surface area contributed by atoms with Crippen LogP contribution in [0.3, 0.4) is 0 Å². The lowest BCUT2D eigenvalue weighted by molar-refractivity contribution is 0.111. The summed E-state index contributed by atoms with van der Waals surface area (Å²) in [6.07, 6.45) is 0.911. The molecule has 0 bridgehead atoms. The molecule has 1 aliphatic rings. The maximum absolute atomic E-state index is 11.9. The number of nitrogens with zero attached hydrogens (tertiary/aromatic N) is 2. The summed E-state index contributed by atoms with van der Waals surface area (Å²) in [5.74, 6) is 1.50. The third-order valence-electron chi connectivity index (χ3n) is 4.32. The smallest absolute Gasteiger partial charge is 0.195 e. The van der Waals surface area contributed by atoms with Gasteiger partial charge in [0, 0.05) is 15.9 Å². The first-order valence-electron chi connectivity index (χ1n) is 8.27. The molecule has 0 spiro atoms. The van der Waals surface area contributed by atoms with Crippen LogP contribution in [0.1, 0.15) is 41.8 Å². The van der Waals surface area contributed by atoms with Crippen molar-refractivity contribution in [3.05, 3.63) is 34.5 Å². The second-order valence-corrected chi connectivity index (χ2v) is 8.38. The Hall–Kier alpha value is -2.34. The lowest BCUT2D eigenvalue weighted by atomic mass is 9.91. The van der Waals surface area contributed by atoms with Crippen LogP contribution < -0.4 is 9.47 Å². The Bertz CT molecular complexity index is 979. The van der Waals surface area contributed by atoms with Crippen molar-refractivity contribution in [2.75, 3.05) is 13.2 Å². The van der Waals surface area contributed by atoms with E-state index in [2.05, 4.69) is 27.7 Å². The molecule has 3 heterocycles. The number of aromatic nitrogens is 2. The summed E-state index contributed by atoms with van der Waals surface area (Å²) in [6.45, 7) is 9.39. The molecule has 0 fully saturated rings. The number of imidazole rings is 1. The van der Waals surface area contributed by atoms with Crippen molar-refractivity contribution in [1.29, 1.82) is 0 Å². The summed E-state index contributed by atoms with van der Waals surface area (Å²) in [6, 6.07) is 5.91. The molecule has 6 heteroatoms. The van der Waals surface area contributed by atoms with Crippen LogP contribution in [-0.2, 0) is 5.41 Å². The van der Waals surface area contributed by atoms with E-state index >= 15 is 0 Å². The number of hydrogen-bond donors (Lipinski definition) is 0. The van der Waals surface area contributed by atoms with Crippen molar-refractivity contribution in [3.8, 4) is 22.8 Å². The maximum atomic E-state index is 11.9. The van der Waals surface area contributed by atoms with Gasteiger partial charge in [-0.15, -0.1) is 11.3 Å². The normalized spacial score (nSPS) is 14.1. The number of rotatable bonds is 2. The molecule has 3 aromatic rings. The number of hydrogen-bond acceptors (Lipinski definition) is 5. The van der Waals surface area contributed by atoms with Gasteiger partial charge in [-0.2, -0.15) is 0 Å². The van der Waals surface area contributed by atoms with Gasteiger partial charge in [0.1, 0.15) is 18.9 Å². The number of ether oxygens (including phenoxy) is 2. The SMILES string of the molecule is Cc1sc2nc(C(C)(C)C)c(C=O)n2c1-c1ccc2c(c1)OCCO2. The molecule has 0 saturated carbocycles. The van der Waals surface area contributed by atoms with Crippen molar-refractivity contribution in [2.45, 2.75) is 33.1 Å². The van der Waals surface area contributed by atoms with E-state index in [-0.39, 0.29) is 5.41 Å². The van der Waals surface area contributed by atoms with Gasteiger partial charge in [-0.3, -0.25) is 9.20 Å². The third-order valence-corrected chi connectivity index (χ3v) is 5.28. The van der Waals surface area contributed by atoms with Gasteiger partial charge in [0.15, 0.2) is 22.7 Å². The van der Waals surface area contributed by atoms with Gasteiger partial charge in [-0.25, -0.2) is 4.98 Å². The van der Waals surface area contributed by atoms with E-state index < -0.39 is 0 Å². The second kappa shape index (κ2) is 5.59. The minimum Gasteiger partial charge on any atom is -0.486 e. The average Bonchev–Trinajstić information content (AvgIpc) is 3.08. The van der Waals surface area contributed by atoms with Gasteiger partial charge < -0.3 is 9.47 Å². The van der Waals surface area contributed by atoms with Gasteiger partial charge in [0.25, 0.3) is 0 Å². The molecule has 5 nitrogen and oxygen atoms in total. The summed E-state index contributed by atoms with van der Waals surface area (Å²) in [4.78, 5) is 18.6. The summed E-state index contributed by atoms with van der Waals surface area (Å²) in [7, 11) is 0. The molecule has 0 atom stereocenters. The highest BCUT2D eigenvalue weighted by Crippen LogP contribution is 2.39. The zero-order chi connectivity index (χ0) is 17.8. The number of carbonyl (C=O) groups is 1. The van der Waals surface area contributed by atoms with Gasteiger partial charge in [0.2, 0.25) is 0 Å². The molecule has 0 aliphatic carbocycles. The molecule has 0 saturated heterocycles. The molecular weight excluding hydrogens is 336 g/mol. The number of aryl methyl sites for hydroxylation is 1. The zero-order valence-corrected chi connectivity index (χ0v) is 15.6. The highest BCUT2D eigenvalue weighted by atomic mass is 32.1. The van der Waals surface area contributed by atoms with E-state index in [4.69, 9.17) is 14.5 Å². The average molecular weight is 356 g/mol. The highest BCUT2D eigenvalue weighted by molar-refractivity contribution is 7.17. The van der Waals surface area contributed by atoms with Gasteiger partial charge in [-0.05, 0) is 25.1 Å². The molecular formula is C19H20N2O3S. The summed E-state index contributed by atoms with van der Waals surface area (Å²) >= 11 is 1.60. The fourth-order valence-electron chi connectivity index (χ4n) is 3.22. The molecule has 25 heavy (non-hydrogen) atoms. The predicted molar refractivity (Wildman–Crippen MR) is 98.3 cm³/mol. The number of thiazole rings is 1. The number of carbonyl (C=O) groups excluding carboxylic acids is 1. The predicted octanol–water partition coefficient (Wildman–Crippen LogP) is 4.25. The van der Waals surface area contributed by atoms with E-state index in [1.807, 2.05) is 22.6 Å². The first-order valence-corrected chi connectivity index (χ1v) is 9.09. The van der Waals surface area contributed by atoms with Crippen molar-refractivity contribution in [2.24, 2.45) is 0 Å². The molecule has 0 unspecified atom stereocenters. The van der Waals surface area contributed by atoms with E-state index in [1.165, 1.54) is 0 Å². The molecule has 1 aliphatic heterocycles. The summed E-state index contributed by atoms with van der Waals surface area (Å²) in [5, 5.41) is 0. The lowest BCUT2D eigenvalue weighted by Crippen LogP contribution is -2.15. The van der Waals surface area contributed by atoms with Crippen molar-refractivity contribution in [3.63, 3.8) is 0 Å². The largest absolute Gasteiger partial charge is 0.486 e. The van der Waals surface area contributed by atoms with E-state index in [0.717, 1.165) is 44.6 Å². The van der Waals surface area contributed by atoms with Crippen LogP contribution in [0, 0.1) is 6.92 Å². The molecule has 130 valence electrons. The second-order valence-electron chi connectivity index (χ2n) is 7.20. The number of aldehydes is 1. The highest BCUT2D eigenvalue weighted by Gasteiger charge is 2.27. The summed E-state index contributed by atoms with van der Waals surface area (Å²) < 4.78 is 13.3. The minimum absolute atomic E-state index is 0.194. The fraction of sp³-hybridized carbons (Fsp3) is 0.368. The minimum atomic E-state index is -0.194. The Morgan fingerprint density at radius 1 is 1.20 bits per heavy atom. The van der Waals surface area contributed by atoms with Crippen molar-refractivity contribution >= 4 is 22.6 Å². The topological polar surface area (TPSA) is 52.8 Å².